The molecule has 1 aliphatic rings. The summed E-state index contributed by atoms with van der Waals surface area (Å²) in [5, 5.41) is 3.08. The van der Waals surface area contributed by atoms with E-state index in [0.29, 0.717) is 12.3 Å². The van der Waals surface area contributed by atoms with Crippen LogP contribution in [0.2, 0.25) is 0 Å². The number of carbonyl (C=O) groups excluding carboxylic acids is 1. The van der Waals surface area contributed by atoms with Crippen LogP contribution in [0.5, 0.6) is 11.5 Å². The molecule has 0 saturated carbocycles. The van der Waals surface area contributed by atoms with E-state index in [1.165, 1.54) is 18.4 Å². The predicted molar refractivity (Wildman–Crippen MR) is 111 cm³/mol. The first kappa shape index (κ1) is 20.2. The summed E-state index contributed by atoms with van der Waals surface area (Å²) in [7, 11) is 1.67. The summed E-state index contributed by atoms with van der Waals surface area (Å²) in [5.74, 6) is 1.45. The van der Waals surface area contributed by atoms with Gasteiger partial charge in [-0.2, -0.15) is 0 Å². The van der Waals surface area contributed by atoms with Crippen LogP contribution >= 0.6 is 0 Å². The lowest BCUT2D eigenvalue weighted by Crippen LogP contribution is -2.42. The van der Waals surface area contributed by atoms with E-state index in [1.54, 1.807) is 14.0 Å². The number of nitrogens with zero attached hydrogens (tertiary/aromatic N) is 1. The van der Waals surface area contributed by atoms with Crippen LogP contribution in [0.15, 0.2) is 48.5 Å². The molecule has 2 aromatic rings. The third kappa shape index (κ3) is 5.26. The minimum absolute atomic E-state index is 0.0988. The van der Waals surface area contributed by atoms with Crippen molar-refractivity contribution < 1.29 is 14.3 Å². The molecule has 0 aromatic heterocycles. The standard InChI is InChI=1S/C23H30N2O3/c1-17-6-10-21(11-7-17)28-18(2)23(26)24-16-22(25-14-4-5-15-25)19-8-12-20(27-3)13-9-19/h6-13,18,22H,4-5,14-16H2,1-3H3,(H,24,26). The second kappa shape index (κ2) is 9.60. The molecule has 0 aliphatic carbocycles. The molecule has 150 valence electrons. The number of ether oxygens (including phenoxy) is 2. The first-order valence-corrected chi connectivity index (χ1v) is 9.96. The molecule has 0 radical (unpaired) electrons. The number of amides is 1. The minimum Gasteiger partial charge on any atom is -0.497 e. The number of nitrogens with one attached hydrogen (secondary N) is 1. The third-order valence-electron chi connectivity index (χ3n) is 5.25. The maximum Gasteiger partial charge on any atom is 0.260 e. The zero-order chi connectivity index (χ0) is 19.9. The van der Waals surface area contributed by atoms with Gasteiger partial charge in [-0.3, -0.25) is 9.69 Å². The zero-order valence-corrected chi connectivity index (χ0v) is 17.0. The quantitative estimate of drug-likeness (QED) is 0.756. The molecule has 5 heteroatoms. The molecule has 1 N–H and O–H groups in total. The highest BCUT2D eigenvalue weighted by Crippen LogP contribution is 2.26. The number of carbonyl (C=O) groups is 1. The van der Waals surface area contributed by atoms with Crippen LogP contribution in [-0.2, 0) is 4.79 Å². The van der Waals surface area contributed by atoms with Crippen LogP contribution in [0, 0.1) is 6.92 Å². The Bertz CT molecular complexity index is 752. The van der Waals surface area contributed by atoms with E-state index in [2.05, 4.69) is 22.3 Å². The number of hydrogen-bond acceptors (Lipinski definition) is 4. The monoisotopic (exact) mass is 382 g/mol. The van der Waals surface area contributed by atoms with Gasteiger partial charge in [0.15, 0.2) is 6.10 Å². The summed E-state index contributed by atoms with van der Waals surface area (Å²) in [6.45, 7) is 6.49. The Kier molecular flexibility index (Phi) is 6.93. The summed E-state index contributed by atoms with van der Waals surface area (Å²) < 4.78 is 11.1. The Labute approximate surface area is 167 Å². The van der Waals surface area contributed by atoms with E-state index in [0.717, 1.165) is 24.4 Å². The summed E-state index contributed by atoms with van der Waals surface area (Å²) in [6.07, 6.45) is 1.86. The Morgan fingerprint density at radius 1 is 1.04 bits per heavy atom. The smallest absolute Gasteiger partial charge is 0.260 e. The van der Waals surface area contributed by atoms with E-state index in [4.69, 9.17) is 9.47 Å². The number of aryl methyl sites for hydroxylation is 1. The van der Waals surface area contributed by atoms with E-state index in [9.17, 15) is 4.79 Å². The van der Waals surface area contributed by atoms with Crippen LogP contribution in [0.4, 0.5) is 0 Å². The topological polar surface area (TPSA) is 50.8 Å². The van der Waals surface area contributed by atoms with Crippen molar-refractivity contribution in [1.29, 1.82) is 0 Å². The van der Waals surface area contributed by atoms with E-state index >= 15 is 0 Å². The molecular weight excluding hydrogens is 352 g/mol. The second-order valence-corrected chi connectivity index (χ2v) is 7.35. The van der Waals surface area contributed by atoms with Crippen LogP contribution in [0.1, 0.15) is 36.9 Å². The van der Waals surface area contributed by atoms with Gasteiger partial charge >= 0.3 is 0 Å². The first-order chi connectivity index (χ1) is 13.6. The lowest BCUT2D eigenvalue weighted by atomic mass is 10.1. The first-order valence-electron chi connectivity index (χ1n) is 9.96. The maximum atomic E-state index is 12.6. The van der Waals surface area contributed by atoms with E-state index in [1.807, 2.05) is 43.3 Å². The number of methoxy groups -OCH3 is 1. The number of hydrogen-bond donors (Lipinski definition) is 1. The molecule has 1 fully saturated rings. The highest BCUT2D eigenvalue weighted by atomic mass is 16.5. The molecule has 2 atom stereocenters. The van der Waals surface area contributed by atoms with Gasteiger partial charge in [0.2, 0.25) is 0 Å². The Balaban J connectivity index is 1.61. The third-order valence-corrected chi connectivity index (χ3v) is 5.25. The van der Waals surface area contributed by atoms with Crippen LogP contribution < -0.4 is 14.8 Å². The fourth-order valence-electron chi connectivity index (χ4n) is 3.55. The van der Waals surface area contributed by atoms with E-state index in [-0.39, 0.29) is 11.9 Å². The normalized spacial score (nSPS) is 16.4. The number of benzene rings is 2. The molecule has 1 heterocycles. The van der Waals surface area contributed by atoms with Crippen molar-refractivity contribution in [3.63, 3.8) is 0 Å². The summed E-state index contributed by atoms with van der Waals surface area (Å²) in [6, 6.07) is 16.0. The Morgan fingerprint density at radius 3 is 2.25 bits per heavy atom. The van der Waals surface area contributed by atoms with Gasteiger partial charge in [-0.05, 0) is 69.6 Å². The van der Waals surface area contributed by atoms with Gasteiger partial charge in [0, 0.05) is 6.54 Å². The van der Waals surface area contributed by atoms with Crippen molar-refractivity contribution in [1.82, 2.24) is 10.2 Å². The minimum atomic E-state index is -0.544. The largest absolute Gasteiger partial charge is 0.497 e. The van der Waals surface area contributed by atoms with Gasteiger partial charge < -0.3 is 14.8 Å². The Hall–Kier alpha value is -2.53. The van der Waals surface area contributed by atoms with Crippen LogP contribution in [0.25, 0.3) is 0 Å². The summed E-state index contributed by atoms with van der Waals surface area (Å²) in [5.41, 5.74) is 2.35. The molecule has 1 amide bonds. The van der Waals surface area contributed by atoms with Gasteiger partial charge in [0.25, 0.3) is 5.91 Å². The van der Waals surface area contributed by atoms with Gasteiger partial charge in [0.1, 0.15) is 11.5 Å². The van der Waals surface area contributed by atoms with E-state index < -0.39 is 6.10 Å². The van der Waals surface area contributed by atoms with Gasteiger partial charge in [-0.15, -0.1) is 0 Å². The van der Waals surface area contributed by atoms with Crippen molar-refractivity contribution in [2.24, 2.45) is 0 Å². The summed E-state index contributed by atoms with van der Waals surface area (Å²) in [4.78, 5) is 15.0. The lowest BCUT2D eigenvalue weighted by Gasteiger charge is -2.29. The molecule has 5 nitrogen and oxygen atoms in total. The Morgan fingerprint density at radius 2 is 1.64 bits per heavy atom. The fraction of sp³-hybridized carbons (Fsp3) is 0.435. The SMILES string of the molecule is COc1ccc(C(CNC(=O)C(C)Oc2ccc(C)cc2)N2CCCC2)cc1. The lowest BCUT2D eigenvalue weighted by molar-refractivity contribution is -0.127. The molecule has 2 unspecified atom stereocenters. The highest BCUT2D eigenvalue weighted by Gasteiger charge is 2.25. The second-order valence-electron chi connectivity index (χ2n) is 7.35. The molecule has 28 heavy (non-hydrogen) atoms. The van der Waals surface area contributed by atoms with Crippen molar-refractivity contribution in [3.05, 3.63) is 59.7 Å². The number of rotatable bonds is 8. The van der Waals surface area contributed by atoms with Gasteiger partial charge in [-0.1, -0.05) is 29.8 Å². The summed E-state index contributed by atoms with van der Waals surface area (Å²) >= 11 is 0. The molecule has 2 aromatic carbocycles. The van der Waals surface area contributed by atoms with Crippen molar-refractivity contribution in [2.45, 2.75) is 38.8 Å². The zero-order valence-electron chi connectivity index (χ0n) is 17.0. The molecule has 3 rings (SSSR count). The average Bonchev–Trinajstić information content (AvgIpc) is 3.24. The highest BCUT2D eigenvalue weighted by molar-refractivity contribution is 5.80. The maximum absolute atomic E-state index is 12.6. The molecule has 0 bridgehead atoms. The fourth-order valence-corrected chi connectivity index (χ4v) is 3.55. The van der Waals surface area contributed by atoms with Crippen molar-refractivity contribution in [3.8, 4) is 11.5 Å². The van der Waals surface area contributed by atoms with Gasteiger partial charge in [-0.25, -0.2) is 0 Å². The van der Waals surface area contributed by atoms with Crippen LogP contribution in [-0.4, -0.2) is 43.7 Å². The molecule has 1 saturated heterocycles. The van der Waals surface area contributed by atoms with Gasteiger partial charge in [0.05, 0.1) is 13.2 Å². The van der Waals surface area contributed by atoms with Crippen LogP contribution in [0.3, 0.4) is 0 Å². The molecule has 0 spiro atoms. The van der Waals surface area contributed by atoms with Crippen molar-refractivity contribution >= 4 is 5.91 Å². The molecule has 1 aliphatic heterocycles. The number of likely N-dealkylation sites (tertiary alicyclic amines) is 1. The predicted octanol–water partition coefficient (Wildman–Crippen LogP) is 3.72. The molecular formula is C23H30N2O3. The average molecular weight is 383 g/mol. The van der Waals surface area contributed by atoms with Crippen molar-refractivity contribution in [2.75, 3.05) is 26.7 Å².